The Morgan fingerprint density at radius 2 is 1.96 bits per heavy atom. The first-order valence-corrected chi connectivity index (χ1v) is 10.3. The van der Waals surface area contributed by atoms with E-state index in [1.165, 1.54) is 0 Å². The largest absolute Gasteiger partial charge is 0.369 e. The summed E-state index contributed by atoms with van der Waals surface area (Å²) in [5.74, 6) is 1.80. The van der Waals surface area contributed by atoms with E-state index in [9.17, 15) is 4.79 Å². The van der Waals surface area contributed by atoms with Crippen molar-refractivity contribution < 1.29 is 4.79 Å². The molecule has 3 aromatic heterocycles. The van der Waals surface area contributed by atoms with Crippen molar-refractivity contribution in [3.8, 4) is 10.6 Å². The lowest BCUT2D eigenvalue weighted by atomic mass is 9.82. The smallest absolute Gasteiger partial charge is 0.220 e. The molecule has 3 aromatic rings. The molecule has 144 valence electrons. The fourth-order valence-electron chi connectivity index (χ4n) is 3.60. The Morgan fingerprint density at radius 3 is 2.71 bits per heavy atom. The maximum atomic E-state index is 11.4. The molecule has 0 aromatic carbocycles. The first kappa shape index (κ1) is 18.6. The van der Waals surface area contributed by atoms with Gasteiger partial charge >= 0.3 is 0 Å². The van der Waals surface area contributed by atoms with E-state index in [0.29, 0.717) is 5.92 Å². The molecule has 7 heteroatoms. The van der Waals surface area contributed by atoms with E-state index >= 15 is 0 Å². The van der Waals surface area contributed by atoms with Gasteiger partial charge in [-0.25, -0.2) is 15.0 Å². The number of pyridine rings is 2. The Balaban J connectivity index is 1.47. The fraction of sp³-hybridized carbons (Fsp3) is 0.333. The van der Waals surface area contributed by atoms with Crippen LogP contribution in [0, 0.1) is 12.8 Å². The third-order valence-electron chi connectivity index (χ3n) is 5.18. The fourth-order valence-corrected chi connectivity index (χ4v) is 4.65. The number of nitrogens with one attached hydrogen (secondary N) is 1. The number of thiazole rings is 1. The van der Waals surface area contributed by atoms with Crippen LogP contribution < -0.4 is 11.1 Å². The Labute approximate surface area is 168 Å². The van der Waals surface area contributed by atoms with Crippen LogP contribution in [0.5, 0.6) is 0 Å². The highest BCUT2D eigenvalue weighted by Gasteiger charge is 2.27. The number of carbonyl (C=O) groups excluding carboxylic acids is 1. The quantitative estimate of drug-likeness (QED) is 0.669. The molecule has 28 heavy (non-hydrogen) atoms. The summed E-state index contributed by atoms with van der Waals surface area (Å²) < 4.78 is 0. The predicted molar refractivity (Wildman–Crippen MR) is 111 cm³/mol. The van der Waals surface area contributed by atoms with Crippen molar-refractivity contribution in [3.63, 3.8) is 0 Å². The molecule has 3 N–H and O–H groups in total. The minimum absolute atomic E-state index is 0.0235. The van der Waals surface area contributed by atoms with Crippen LogP contribution in [0.1, 0.15) is 42.2 Å². The van der Waals surface area contributed by atoms with Crippen LogP contribution in [0.3, 0.4) is 0 Å². The van der Waals surface area contributed by atoms with Crippen molar-refractivity contribution in [1.29, 1.82) is 0 Å². The number of primary amides is 1. The van der Waals surface area contributed by atoms with Gasteiger partial charge in [-0.2, -0.15) is 0 Å². The van der Waals surface area contributed by atoms with Crippen LogP contribution in [0.15, 0.2) is 42.7 Å². The summed E-state index contributed by atoms with van der Waals surface area (Å²) in [5.41, 5.74) is 7.48. The summed E-state index contributed by atoms with van der Waals surface area (Å²) in [6, 6.07) is 9.86. The molecule has 1 aliphatic carbocycles. The molecule has 1 saturated carbocycles. The van der Waals surface area contributed by atoms with Crippen molar-refractivity contribution in [2.75, 3.05) is 5.32 Å². The number of aromatic nitrogens is 3. The van der Waals surface area contributed by atoms with Gasteiger partial charge in [0.15, 0.2) is 0 Å². The van der Waals surface area contributed by atoms with Crippen molar-refractivity contribution >= 4 is 28.9 Å². The lowest BCUT2D eigenvalue weighted by Crippen LogP contribution is -2.27. The van der Waals surface area contributed by atoms with Gasteiger partial charge in [-0.05, 0) is 62.4 Å². The normalized spacial score (nSPS) is 19.3. The molecule has 0 aliphatic heterocycles. The second-order valence-electron chi connectivity index (χ2n) is 7.27. The van der Waals surface area contributed by atoms with E-state index in [4.69, 9.17) is 10.7 Å². The van der Waals surface area contributed by atoms with Crippen LogP contribution in [0.2, 0.25) is 0 Å². The van der Waals surface area contributed by atoms with Gasteiger partial charge in [-0.3, -0.25) is 4.79 Å². The zero-order valence-electron chi connectivity index (χ0n) is 15.8. The van der Waals surface area contributed by atoms with Gasteiger partial charge in [0.1, 0.15) is 11.6 Å². The zero-order valence-corrected chi connectivity index (χ0v) is 16.6. The standard InChI is InChI=1S/C21H23N5OS/c1-13-9-10-23-19(11-13)26-18-4-2-3-16(25-18)17-12-24-21(28-17)15-7-5-14(6-8-15)20(22)27/h2-4,9-12,14-15H,5-8H2,1H3,(H2,22,27)(H,23,25,26)/t14-,15-. The van der Waals surface area contributed by atoms with Gasteiger partial charge in [0.05, 0.1) is 15.6 Å². The summed E-state index contributed by atoms with van der Waals surface area (Å²) in [5, 5.41) is 4.38. The van der Waals surface area contributed by atoms with Crippen molar-refractivity contribution in [1.82, 2.24) is 15.0 Å². The molecule has 0 unspecified atom stereocenters. The molecule has 6 nitrogen and oxygen atoms in total. The maximum Gasteiger partial charge on any atom is 0.220 e. The lowest BCUT2D eigenvalue weighted by molar-refractivity contribution is -0.122. The average Bonchev–Trinajstić information content (AvgIpc) is 3.19. The summed E-state index contributed by atoms with van der Waals surface area (Å²) in [6.45, 7) is 2.03. The topological polar surface area (TPSA) is 93.8 Å². The zero-order chi connectivity index (χ0) is 19.5. The molecule has 0 spiro atoms. The number of carbonyl (C=O) groups is 1. The number of rotatable bonds is 5. The Kier molecular flexibility index (Phi) is 5.34. The Morgan fingerprint density at radius 1 is 1.14 bits per heavy atom. The second-order valence-corrected chi connectivity index (χ2v) is 8.33. The molecular weight excluding hydrogens is 370 g/mol. The molecule has 0 bridgehead atoms. The number of aryl methyl sites for hydroxylation is 1. The number of nitrogens with zero attached hydrogens (tertiary/aromatic N) is 3. The van der Waals surface area contributed by atoms with E-state index < -0.39 is 0 Å². The minimum Gasteiger partial charge on any atom is -0.369 e. The third-order valence-corrected chi connectivity index (χ3v) is 6.36. The first-order chi connectivity index (χ1) is 13.6. The van der Waals surface area contributed by atoms with E-state index in [1.54, 1.807) is 17.5 Å². The van der Waals surface area contributed by atoms with Gasteiger partial charge < -0.3 is 11.1 Å². The molecule has 1 amide bonds. The highest BCUT2D eigenvalue weighted by Crippen LogP contribution is 2.39. The highest BCUT2D eigenvalue weighted by molar-refractivity contribution is 7.15. The van der Waals surface area contributed by atoms with E-state index in [0.717, 1.165) is 58.5 Å². The van der Waals surface area contributed by atoms with Gasteiger partial charge in [-0.15, -0.1) is 11.3 Å². The number of nitrogens with two attached hydrogens (primary N) is 1. The van der Waals surface area contributed by atoms with Crippen LogP contribution in [-0.4, -0.2) is 20.9 Å². The number of amides is 1. The summed E-state index contributed by atoms with van der Waals surface area (Å²) in [6.07, 6.45) is 7.33. The van der Waals surface area contributed by atoms with E-state index in [-0.39, 0.29) is 11.8 Å². The lowest BCUT2D eigenvalue weighted by Gasteiger charge is -2.24. The van der Waals surface area contributed by atoms with Crippen LogP contribution >= 0.6 is 11.3 Å². The van der Waals surface area contributed by atoms with Gasteiger partial charge in [0, 0.05) is 24.2 Å². The van der Waals surface area contributed by atoms with Gasteiger partial charge in [0.25, 0.3) is 0 Å². The number of anilines is 2. The molecule has 0 saturated heterocycles. The molecule has 0 atom stereocenters. The van der Waals surface area contributed by atoms with Crippen LogP contribution in [-0.2, 0) is 4.79 Å². The molecule has 1 fully saturated rings. The van der Waals surface area contributed by atoms with Crippen molar-refractivity contribution in [3.05, 3.63) is 53.3 Å². The van der Waals surface area contributed by atoms with Gasteiger partial charge in [0.2, 0.25) is 5.91 Å². The van der Waals surface area contributed by atoms with Crippen LogP contribution in [0.25, 0.3) is 10.6 Å². The molecular formula is C21H23N5OS. The highest BCUT2D eigenvalue weighted by atomic mass is 32.1. The Hall–Kier alpha value is -2.80. The first-order valence-electron chi connectivity index (χ1n) is 9.50. The third kappa shape index (κ3) is 4.20. The molecule has 1 aliphatic rings. The van der Waals surface area contributed by atoms with E-state index in [2.05, 4.69) is 15.3 Å². The SMILES string of the molecule is Cc1ccnc(Nc2cccc(-c3cnc([C@H]4CC[C@H](C(N)=O)CC4)s3)n2)c1. The molecule has 0 radical (unpaired) electrons. The van der Waals surface area contributed by atoms with Gasteiger partial charge in [-0.1, -0.05) is 6.07 Å². The monoisotopic (exact) mass is 393 g/mol. The maximum absolute atomic E-state index is 11.4. The van der Waals surface area contributed by atoms with E-state index in [1.807, 2.05) is 43.5 Å². The number of hydrogen-bond donors (Lipinski definition) is 2. The molecule has 3 heterocycles. The van der Waals surface area contributed by atoms with Crippen LogP contribution in [0.4, 0.5) is 11.6 Å². The number of hydrogen-bond acceptors (Lipinski definition) is 6. The minimum atomic E-state index is -0.171. The average molecular weight is 394 g/mol. The predicted octanol–water partition coefficient (Wildman–Crippen LogP) is 4.41. The Bertz CT molecular complexity index is 978. The molecule has 4 rings (SSSR count). The second kappa shape index (κ2) is 8.06. The van der Waals surface area contributed by atoms with Crippen molar-refractivity contribution in [2.45, 2.75) is 38.5 Å². The summed E-state index contributed by atoms with van der Waals surface area (Å²) in [7, 11) is 0. The van der Waals surface area contributed by atoms with Crippen molar-refractivity contribution in [2.24, 2.45) is 11.7 Å². The summed E-state index contributed by atoms with van der Waals surface area (Å²) >= 11 is 1.69. The summed E-state index contributed by atoms with van der Waals surface area (Å²) in [4.78, 5) is 26.1.